The summed E-state index contributed by atoms with van der Waals surface area (Å²) >= 11 is 0. The molecule has 0 amide bonds. The Morgan fingerprint density at radius 1 is 0.138 bits per heavy atom. The van der Waals surface area contributed by atoms with E-state index in [1.165, 1.54) is 0 Å². The summed E-state index contributed by atoms with van der Waals surface area (Å²) in [5, 5.41) is 87.7. The molecule has 8 aromatic carbocycles. The molecule has 0 aliphatic carbocycles. The van der Waals surface area contributed by atoms with Crippen molar-refractivity contribution >= 4 is 65.9 Å². The first kappa shape index (κ1) is 154. The van der Waals surface area contributed by atoms with Crippen LogP contribution in [0.15, 0.2) is 268 Å². The summed E-state index contributed by atoms with van der Waals surface area (Å²) in [5.41, 5.74) is 13.3. The van der Waals surface area contributed by atoms with Crippen LogP contribution in [-0.4, -0.2) is 85.8 Å². The monoisotopic (exact) mass is 2610 g/mol. The molecule has 0 fully saturated rings. The summed E-state index contributed by atoms with van der Waals surface area (Å²) in [6.07, 6.45) is 14.0. The first-order valence-corrected chi connectivity index (χ1v) is 72.4. The van der Waals surface area contributed by atoms with Crippen molar-refractivity contribution in [2.75, 3.05) is 0 Å². The SMILES string of the molecule is C[Si](C)(C)[N-][Si](C)(C)C.C[Si](C)(C)[N-][Si](C)(C)C.C[Si](C)(C)[N-][Si](C)(C)C.C[Si](C)(C)[N-][Si](C)(C)C.Cc1cccc(C)c1[O-].Cc1cccc(C)c1[O-].Cc1cccc(C)c1[O-].Cc1cccc(C)c1[O-].Cc1cccc(C)c1[O-].Cc1cccc(C)c1[O-].Cc1cccc(C)c1[O-].Cc1cccc(C)c1[O-].[Cd+2].[Cd+2].[Cd+2].[Cd+2].[Cd+2].[Cd+2].c1ccncc1.c1ccncc1.c1ccncc1.c1ccncc1. The molecule has 0 atom stereocenters. The van der Waals surface area contributed by atoms with E-state index >= 15 is 0 Å². The Labute approximate surface area is 968 Å². The predicted octanol–water partition coefficient (Wildman–Crippen LogP) is 27.4. The number of aromatic nitrogens is 4. The molecule has 12 rings (SSSR count). The first-order chi connectivity index (χ1) is 60.6. The van der Waals surface area contributed by atoms with E-state index in [4.69, 9.17) is 18.6 Å². The van der Waals surface area contributed by atoms with Crippen LogP contribution in [0.5, 0.6) is 46.0 Å². The van der Waals surface area contributed by atoms with Crippen molar-refractivity contribution in [2.45, 2.75) is 268 Å². The molecule has 0 saturated heterocycles. The number of benzene rings is 8. The van der Waals surface area contributed by atoms with Gasteiger partial charge in [0.2, 0.25) is 0 Å². The Bertz CT molecular complexity index is 3890. The maximum atomic E-state index is 11.0. The molecule has 12 aromatic rings. The van der Waals surface area contributed by atoms with Gasteiger partial charge in [0.15, 0.2) is 0 Å². The Morgan fingerprint density at radius 3 is 0.239 bits per heavy atom. The molecule has 0 bridgehead atoms. The van der Waals surface area contributed by atoms with Crippen LogP contribution in [0.2, 0.25) is 157 Å². The quantitative estimate of drug-likeness (QED) is 0.128. The standard InChI is InChI=1S/8C8H10O.4C6H18NSi2.4C5H5N.6Cd/c8*1-6-4-3-5-7(2)8(6)9;4*1-8(2,3)7-9(4,5)6;4*1-2-4-6-5-3-1;;;;;;/h8*3-5,9H,1-2H3;4*1-6H3;4*1-5H;;;;;;/q;;;;;;;;4*-1;;;;;6*+2/p-8. The maximum Gasteiger partial charge on any atom is 2.00 e. The number of hydrogen-bond acceptors (Lipinski definition) is 12. The van der Waals surface area contributed by atoms with Crippen molar-refractivity contribution in [1.82, 2.24) is 19.9 Å². The van der Waals surface area contributed by atoms with Gasteiger partial charge >= 0.3 is 164 Å². The molecule has 0 saturated carbocycles. The third kappa shape index (κ3) is 93.0. The molecule has 0 aliphatic rings. The Kier molecular flexibility index (Phi) is 91.5. The average molecular weight is 2600 g/mol. The number of para-hydroxylation sites is 8. The number of aryl methyl sites for hydroxylation is 16. The molecule has 4 heterocycles. The van der Waals surface area contributed by atoms with E-state index < -0.39 is 65.9 Å². The molecule has 728 valence electrons. The molecular weight excluding hydrogens is 2440 g/mol. The van der Waals surface area contributed by atoms with Crippen LogP contribution in [0.3, 0.4) is 0 Å². The van der Waals surface area contributed by atoms with Crippen LogP contribution in [0.4, 0.5) is 0 Å². The van der Waals surface area contributed by atoms with Gasteiger partial charge in [-0.2, -0.15) is 0 Å². The summed E-state index contributed by atoms with van der Waals surface area (Å²) in [4.78, 5) is 15.1. The minimum absolute atomic E-state index is 0. The average Bonchev–Trinajstić information content (AvgIpc) is 0.896. The van der Waals surface area contributed by atoms with Gasteiger partial charge in [-0.25, -0.2) is 0 Å². The summed E-state index contributed by atoms with van der Waals surface area (Å²) in [7, 11) is -8.85. The van der Waals surface area contributed by atoms with Crippen molar-refractivity contribution in [3.8, 4) is 46.0 Å². The van der Waals surface area contributed by atoms with Gasteiger partial charge in [-0.15, -0.1) is 46.0 Å². The molecule has 0 N–H and O–H groups in total. The predicted molar refractivity (Wildman–Crippen MR) is 580 cm³/mol. The van der Waals surface area contributed by atoms with E-state index in [-0.39, 0.29) is 210 Å². The Balaban J connectivity index is -0.000000158. The normalized spacial score (nSPS) is 10.0. The molecular formula is C108H164Cd6N8O8Si8. The van der Waals surface area contributed by atoms with E-state index in [0.717, 1.165) is 89.0 Å². The molecule has 0 spiro atoms. The van der Waals surface area contributed by atoms with E-state index in [0.29, 0.717) is 0 Å². The summed E-state index contributed by atoms with van der Waals surface area (Å²) < 4.78 is 19.3. The molecule has 16 nitrogen and oxygen atoms in total. The van der Waals surface area contributed by atoms with Crippen LogP contribution in [-0.2, 0) is 164 Å². The van der Waals surface area contributed by atoms with Gasteiger partial charge in [0, 0.05) is 49.6 Å². The second kappa shape index (κ2) is 82.0. The second-order valence-electron chi connectivity index (χ2n) is 39.7. The molecule has 0 aliphatic heterocycles. The zero-order valence-electron chi connectivity index (χ0n) is 92.5. The fourth-order valence-electron chi connectivity index (χ4n) is 11.7. The fraction of sp³-hybridized carbons (Fsp3) is 0.370. The van der Waals surface area contributed by atoms with Crippen molar-refractivity contribution in [3.05, 3.63) is 376 Å². The molecule has 0 radical (unpaired) electrons. The van der Waals surface area contributed by atoms with Gasteiger partial charge in [-0.1, -0.05) is 482 Å². The van der Waals surface area contributed by atoms with Crippen molar-refractivity contribution in [1.29, 1.82) is 0 Å². The van der Waals surface area contributed by atoms with Crippen molar-refractivity contribution in [3.63, 3.8) is 0 Å². The first-order valence-electron chi connectivity index (χ1n) is 44.8. The van der Waals surface area contributed by atoms with Crippen molar-refractivity contribution in [2.24, 2.45) is 0 Å². The van der Waals surface area contributed by atoms with Gasteiger partial charge in [-0.3, -0.25) is 19.9 Å². The zero-order chi connectivity index (χ0) is 103. The topological polar surface area (TPSA) is 292 Å². The molecule has 138 heavy (non-hydrogen) atoms. The van der Waals surface area contributed by atoms with E-state index in [2.05, 4.69) is 177 Å². The summed E-state index contributed by atoms with van der Waals surface area (Å²) in [6, 6.07) is 67.3. The van der Waals surface area contributed by atoms with E-state index in [9.17, 15) is 40.9 Å². The second-order valence-corrected chi connectivity index (χ2v) is 78.0. The largest absolute Gasteiger partial charge is 2.00 e. The smallest absolute Gasteiger partial charge is 0.872 e. The van der Waals surface area contributed by atoms with Gasteiger partial charge in [0.1, 0.15) is 0 Å². The van der Waals surface area contributed by atoms with Crippen molar-refractivity contribution < 1.29 is 205 Å². The Hall–Kier alpha value is -4.13. The third-order valence-electron chi connectivity index (χ3n) is 16.2. The maximum absolute atomic E-state index is 11.0. The van der Waals surface area contributed by atoms with E-state index in [1.807, 2.05) is 329 Å². The van der Waals surface area contributed by atoms with Crippen LogP contribution in [0, 0.1) is 111 Å². The van der Waals surface area contributed by atoms with Gasteiger partial charge in [0.05, 0.1) is 0 Å². The summed E-state index contributed by atoms with van der Waals surface area (Å²) in [5.74, 6) is 1.31. The number of rotatable bonds is 8. The summed E-state index contributed by atoms with van der Waals surface area (Å²) in [6.45, 7) is 84.4. The van der Waals surface area contributed by atoms with Gasteiger partial charge in [0.25, 0.3) is 0 Å². The number of nitrogens with zero attached hydrogens (tertiary/aromatic N) is 8. The van der Waals surface area contributed by atoms with Crippen LogP contribution >= 0.6 is 0 Å². The van der Waals surface area contributed by atoms with E-state index in [1.54, 1.807) is 49.6 Å². The fourth-order valence-corrected chi connectivity index (χ4v) is 43.9. The minimum Gasteiger partial charge on any atom is -0.872 e. The van der Waals surface area contributed by atoms with Crippen LogP contribution in [0.1, 0.15) is 89.0 Å². The Morgan fingerprint density at radius 2 is 0.210 bits per heavy atom. The zero-order valence-corrected chi connectivity index (χ0v) is 125. The third-order valence-corrected chi connectivity index (χ3v) is 37.7. The number of pyridine rings is 4. The molecule has 4 aromatic heterocycles. The van der Waals surface area contributed by atoms with Gasteiger partial charge in [-0.05, 0) is 159 Å². The van der Waals surface area contributed by atoms with Crippen LogP contribution in [0.25, 0.3) is 18.6 Å². The minimum atomic E-state index is -1.11. The number of hydrogen-bond donors (Lipinski definition) is 0. The molecule has 30 heteroatoms. The molecule has 0 unspecified atom stereocenters. The van der Waals surface area contributed by atoms with Crippen LogP contribution < -0.4 is 40.9 Å². The van der Waals surface area contributed by atoms with Gasteiger partial charge < -0.3 is 59.4 Å².